The Hall–Kier alpha value is -2.57. The van der Waals surface area contributed by atoms with Crippen molar-refractivity contribution in [1.29, 1.82) is 0 Å². The third kappa shape index (κ3) is 4.99. The van der Waals surface area contributed by atoms with Crippen LogP contribution >= 0.6 is 12.2 Å². The molecule has 1 radical (unpaired) electrons. The molecule has 0 aliphatic heterocycles. The summed E-state index contributed by atoms with van der Waals surface area (Å²) in [4.78, 5) is 3.51. The molecule has 0 N–H and O–H groups in total. The average molecular weight is 465 g/mol. The number of aliphatic imine (C=N–C) groups is 1. The molecule has 0 saturated carbocycles. The maximum atomic E-state index is 14.3. The smallest absolute Gasteiger partial charge is 0.206 e. The van der Waals surface area contributed by atoms with E-state index in [1.807, 2.05) is 5.16 Å². The molecule has 3 aromatic rings. The fourth-order valence-corrected chi connectivity index (χ4v) is 2.41. The first-order valence-corrected chi connectivity index (χ1v) is 7.84. The molecule has 0 unspecified atom stereocenters. The minimum absolute atomic E-state index is 0. The van der Waals surface area contributed by atoms with Crippen LogP contribution in [0, 0.1) is 35.4 Å². The summed E-state index contributed by atoms with van der Waals surface area (Å²) in [6.45, 7) is 0. The Morgan fingerprint density at radius 3 is 2.07 bits per heavy atom. The summed E-state index contributed by atoms with van der Waals surface area (Å²) in [6.07, 6.45) is 0. The third-order valence-electron chi connectivity index (χ3n) is 3.54. The van der Waals surface area contributed by atoms with Crippen LogP contribution in [-0.4, -0.2) is 5.16 Å². The van der Waals surface area contributed by atoms with Gasteiger partial charge in [0.1, 0.15) is 17.5 Å². The van der Waals surface area contributed by atoms with E-state index < -0.39 is 23.0 Å². The number of isothiocyanates is 1. The molecule has 0 spiro atoms. The van der Waals surface area contributed by atoms with Crippen LogP contribution in [0.3, 0.4) is 0 Å². The Labute approximate surface area is 172 Å². The first kappa shape index (κ1) is 20.7. The molecule has 0 bridgehead atoms. The van der Waals surface area contributed by atoms with Gasteiger partial charge in [-0.2, -0.15) is 35.3 Å². The Balaban J connectivity index is 0.00000261. The molecule has 3 aromatic carbocycles. The molecule has 0 heterocycles. The van der Waals surface area contributed by atoms with Crippen LogP contribution in [0.4, 0.5) is 18.9 Å². The van der Waals surface area contributed by atoms with Gasteiger partial charge in [0.15, 0.2) is 0 Å². The van der Waals surface area contributed by atoms with E-state index in [-0.39, 0.29) is 30.7 Å². The maximum absolute atomic E-state index is 14.3. The van der Waals surface area contributed by atoms with Crippen molar-refractivity contribution in [2.75, 3.05) is 0 Å². The van der Waals surface area contributed by atoms with E-state index in [2.05, 4.69) is 35.1 Å². The van der Waals surface area contributed by atoms with Gasteiger partial charge < -0.3 is 0 Å². The van der Waals surface area contributed by atoms with Gasteiger partial charge in [0.2, 0.25) is 0 Å². The number of thiocarbonyl (C=S) groups is 1. The quantitative estimate of drug-likeness (QED) is 0.155. The largest absolute Gasteiger partial charge is 1.00 e. The summed E-state index contributed by atoms with van der Waals surface area (Å²) >= 11 is 4.40. The zero-order valence-corrected chi connectivity index (χ0v) is 16.1. The fourth-order valence-electron chi connectivity index (χ4n) is 2.30. The molecule has 6 heteroatoms. The van der Waals surface area contributed by atoms with Gasteiger partial charge in [0.05, 0.1) is 22.0 Å². The summed E-state index contributed by atoms with van der Waals surface area (Å²) in [5.41, 5.74) is 1.07. The Bertz CT molecular complexity index is 1060. The van der Waals surface area contributed by atoms with Crippen molar-refractivity contribution in [3.63, 3.8) is 0 Å². The summed E-state index contributed by atoms with van der Waals surface area (Å²) in [7, 11) is 0. The van der Waals surface area contributed by atoms with E-state index in [0.29, 0.717) is 5.56 Å². The minimum atomic E-state index is -0.904. The number of nitrogens with zero attached hydrogens (tertiary/aromatic N) is 1. The number of hydrogen-bond donors (Lipinski definition) is 0. The van der Waals surface area contributed by atoms with Crippen LogP contribution in [0.5, 0.6) is 0 Å². The van der Waals surface area contributed by atoms with Gasteiger partial charge in [0, 0.05) is 12.1 Å². The zero-order chi connectivity index (χ0) is 18.5. The molecule has 0 fully saturated rings. The Morgan fingerprint density at radius 2 is 1.48 bits per heavy atom. The van der Waals surface area contributed by atoms with E-state index in [0.717, 1.165) is 17.7 Å². The fraction of sp³-hybridized carbons (Fsp3) is 0. The van der Waals surface area contributed by atoms with E-state index >= 15 is 0 Å². The van der Waals surface area contributed by atoms with Crippen molar-refractivity contribution in [1.82, 2.24) is 0 Å². The zero-order valence-electron chi connectivity index (χ0n) is 13.5. The van der Waals surface area contributed by atoms with Crippen LogP contribution in [0.2, 0.25) is 0 Å². The Morgan fingerprint density at radius 1 is 0.815 bits per heavy atom. The molecule has 0 saturated heterocycles. The van der Waals surface area contributed by atoms with Gasteiger partial charge in [0.25, 0.3) is 0 Å². The molecular formula is C21H9F3NRuS. The standard InChI is InChI=1S/C21H9F3NS.Ru/c22-19-10-16(14-4-2-1-3-5-14)7-6-15(19)8-9-18-20(23)11-17(25-13-26)12-21(18)24;/h2-7,10-12H;/q-1;+1. The second-order valence-electron chi connectivity index (χ2n) is 5.22. The van der Waals surface area contributed by atoms with Crippen LogP contribution in [0.1, 0.15) is 11.1 Å². The molecular weight excluding hydrogens is 456 g/mol. The molecule has 27 heavy (non-hydrogen) atoms. The molecule has 0 aliphatic carbocycles. The molecule has 0 amide bonds. The topological polar surface area (TPSA) is 12.4 Å². The van der Waals surface area contributed by atoms with Crippen molar-refractivity contribution >= 4 is 23.1 Å². The second kappa shape index (κ2) is 9.39. The first-order chi connectivity index (χ1) is 12.6. The SMILES string of the molecule is Fc1cc(-c2cc[c-]cc2)ccc1C#Cc1c(F)cc(N=C=S)cc1F.[Ru+]. The van der Waals surface area contributed by atoms with Crippen molar-refractivity contribution < 1.29 is 32.6 Å². The molecule has 133 valence electrons. The van der Waals surface area contributed by atoms with Crippen molar-refractivity contribution in [2.24, 2.45) is 4.99 Å². The summed E-state index contributed by atoms with van der Waals surface area (Å²) in [5.74, 6) is 2.41. The third-order valence-corrected chi connectivity index (χ3v) is 3.64. The van der Waals surface area contributed by atoms with E-state index in [4.69, 9.17) is 0 Å². The predicted molar refractivity (Wildman–Crippen MR) is 97.7 cm³/mol. The Kier molecular flexibility index (Phi) is 7.22. The van der Waals surface area contributed by atoms with Crippen molar-refractivity contribution in [3.8, 4) is 23.0 Å². The van der Waals surface area contributed by atoms with Crippen LogP contribution in [0.25, 0.3) is 11.1 Å². The summed E-state index contributed by atoms with van der Waals surface area (Å²) in [6, 6.07) is 16.4. The monoisotopic (exact) mass is 466 g/mol. The second-order valence-corrected chi connectivity index (χ2v) is 5.40. The number of benzene rings is 3. The number of halogens is 3. The van der Waals surface area contributed by atoms with Gasteiger partial charge in [-0.25, -0.2) is 13.2 Å². The van der Waals surface area contributed by atoms with Gasteiger partial charge in [-0.1, -0.05) is 17.9 Å². The van der Waals surface area contributed by atoms with Crippen LogP contribution < -0.4 is 0 Å². The number of rotatable bonds is 2. The minimum Gasteiger partial charge on any atom is -0.206 e. The normalized spacial score (nSPS) is 9.44. The van der Waals surface area contributed by atoms with Crippen molar-refractivity contribution in [3.05, 3.63) is 89.2 Å². The summed E-state index contributed by atoms with van der Waals surface area (Å²) in [5, 5.41) is 2.03. The average Bonchev–Trinajstić information content (AvgIpc) is 2.63. The van der Waals surface area contributed by atoms with Gasteiger partial charge in [-0.3, -0.25) is 0 Å². The van der Waals surface area contributed by atoms with Gasteiger partial charge in [-0.15, -0.1) is 5.56 Å². The molecule has 3 rings (SSSR count). The predicted octanol–water partition coefficient (Wildman–Crippen LogP) is 5.70. The molecule has 0 aromatic heterocycles. The van der Waals surface area contributed by atoms with Gasteiger partial charge >= 0.3 is 19.5 Å². The van der Waals surface area contributed by atoms with Crippen LogP contribution in [0.15, 0.2) is 59.6 Å². The van der Waals surface area contributed by atoms with Crippen LogP contribution in [-0.2, 0) is 19.5 Å². The van der Waals surface area contributed by atoms with E-state index in [9.17, 15) is 13.2 Å². The summed E-state index contributed by atoms with van der Waals surface area (Å²) < 4.78 is 42.2. The van der Waals surface area contributed by atoms with E-state index in [1.165, 1.54) is 12.1 Å². The maximum Gasteiger partial charge on any atom is 1.00 e. The van der Waals surface area contributed by atoms with Gasteiger partial charge in [-0.05, 0) is 29.9 Å². The molecule has 0 atom stereocenters. The first-order valence-electron chi connectivity index (χ1n) is 7.43. The van der Waals surface area contributed by atoms with Crippen molar-refractivity contribution in [2.45, 2.75) is 0 Å². The molecule has 1 nitrogen and oxygen atoms in total. The molecule has 0 aliphatic rings. The number of hydrogen-bond acceptors (Lipinski definition) is 2. The van der Waals surface area contributed by atoms with E-state index in [1.54, 1.807) is 30.3 Å².